The lowest BCUT2D eigenvalue weighted by atomic mass is 9.97. The molecule has 0 aliphatic carbocycles. The van der Waals surface area contributed by atoms with Crippen molar-refractivity contribution in [2.75, 3.05) is 6.61 Å². The lowest BCUT2D eigenvalue weighted by Gasteiger charge is -2.25. The molecule has 1 fully saturated rings. The normalized spacial score (nSPS) is 16.5. The molecule has 3 rings (SSSR count). The number of amides is 2. The zero-order valence-electron chi connectivity index (χ0n) is 23.8. The molecule has 1 heterocycles. The highest BCUT2D eigenvalue weighted by Crippen LogP contribution is 2.29. The van der Waals surface area contributed by atoms with Crippen molar-refractivity contribution in [2.45, 2.75) is 59.3 Å². The third kappa shape index (κ3) is 10.9. The van der Waals surface area contributed by atoms with E-state index < -0.39 is 65.7 Å². The number of carboxylic acid groups (broad SMARTS) is 1. The highest BCUT2D eigenvalue weighted by Gasteiger charge is 2.41. The second-order valence-electron chi connectivity index (χ2n) is 10.3. The predicted octanol–water partition coefficient (Wildman–Crippen LogP) is 6.89. The molecule has 1 saturated heterocycles. The van der Waals surface area contributed by atoms with Gasteiger partial charge in [0.1, 0.15) is 6.61 Å². The van der Waals surface area contributed by atoms with Crippen LogP contribution in [0.3, 0.4) is 0 Å². The fraction of sp³-hybridized carbons (Fsp3) is 0.464. The Hall–Kier alpha value is -4.11. The minimum Gasteiger partial charge on any atom is -0.481 e. The van der Waals surface area contributed by atoms with Gasteiger partial charge >= 0.3 is 24.8 Å². The van der Waals surface area contributed by atoms with Gasteiger partial charge in [-0.25, -0.2) is 18.5 Å². The SMILES string of the molecule is CC(C)[C@@H]1COC(=O)N1C(=O)[C@H](C)Cc1ccc(OC(F)(F)F)c(F)c1.C[C@H](Cc1ccc(OC(F)(F)F)c(F)c1)C(=O)O. The van der Waals surface area contributed by atoms with Crippen molar-refractivity contribution in [3.63, 3.8) is 0 Å². The van der Waals surface area contributed by atoms with Crippen LogP contribution < -0.4 is 9.47 Å². The van der Waals surface area contributed by atoms with Crippen LogP contribution in [0.25, 0.3) is 0 Å². The molecule has 244 valence electrons. The molecule has 0 unspecified atom stereocenters. The summed E-state index contributed by atoms with van der Waals surface area (Å²) in [6.45, 7) is 6.80. The quantitative estimate of drug-likeness (QED) is 0.297. The van der Waals surface area contributed by atoms with Gasteiger partial charge in [0.2, 0.25) is 5.91 Å². The van der Waals surface area contributed by atoms with E-state index in [2.05, 4.69) is 9.47 Å². The van der Waals surface area contributed by atoms with E-state index in [1.165, 1.54) is 19.1 Å². The largest absolute Gasteiger partial charge is 0.573 e. The summed E-state index contributed by atoms with van der Waals surface area (Å²) >= 11 is 0. The van der Waals surface area contributed by atoms with Crippen LogP contribution in [0.2, 0.25) is 0 Å². The van der Waals surface area contributed by atoms with Crippen LogP contribution in [0.4, 0.5) is 39.9 Å². The first-order valence-electron chi connectivity index (χ1n) is 13.0. The van der Waals surface area contributed by atoms with Crippen molar-refractivity contribution in [2.24, 2.45) is 17.8 Å². The van der Waals surface area contributed by atoms with Gasteiger partial charge in [-0.15, -0.1) is 26.3 Å². The Morgan fingerprint density at radius 2 is 1.30 bits per heavy atom. The zero-order chi connectivity index (χ0) is 33.6. The Labute approximate surface area is 246 Å². The summed E-state index contributed by atoms with van der Waals surface area (Å²) in [6.07, 6.45) is -10.6. The van der Waals surface area contributed by atoms with Crippen LogP contribution in [-0.2, 0) is 27.2 Å². The van der Waals surface area contributed by atoms with Gasteiger partial charge < -0.3 is 19.3 Å². The molecule has 1 aliphatic heterocycles. The zero-order valence-corrected chi connectivity index (χ0v) is 23.8. The number of carboxylic acids is 1. The maximum atomic E-state index is 13.8. The van der Waals surface area contributed by atoms with E-state index in [0.29, 0.717) is 5.56 Å². The van der Waals surface area contributed by atoms with Gasteiger partial charge in [-0.3, -0.25) is 9.59 Å². The molecule has 44 heavy (non-hydrogen) atoms. The molecule has 0 spiro atoms. The van der Waals surface area contributed by atoms with Gasteiger partial charge in [0.05, 0.1) is 12.0 Å². The number of alkyl halides is 6. The number of nitrogens with zero attached hydrogens (tertiary/aromatic N) is 1. The molecular formula is C28H29F8NO7. The van der Waals surface area contributed by atoms with Gasteiger partial charge in [-0.2, -0.15) is 0 Å². The van der Waals surface area contributed by atoms with Crippen molar-refractivity contribution in [1.82, 2.24) is 4.90 Å². The minimum absolute atomic E-state index is 0.00819. The topological polar surface area (TPSA) is 102 Å². The Morgan fingerprint density at radius 1 is 0.864 bits per heavy atom. The molecular weight excluding hydrogens is 614 g/mol. The summed E-state index contributed by atoms with van der Waals surface area (Å²) in [5.41, 5.74) is 0.600. The van der Waals surface area contributed by atoms with Crippen LogP contribution in [0.5, 0.6) is 11.5 Å². The van der Waals surface area contributed by atoms with Crippen LogP contribution in [-0.4, -0.2) is 53.3 Å². The Balaban J connectivity index is 0.000000329. The van der Waals surface area contributed by atoms with Crippen molar-refractivity contribution >= 4 is 18.0 Å². The van der Waals surface area contributed by atoms with Crippen LogP contribution >= 0.6 is 0 Å². The van der Waals surface area contributed by atoms with E-state index in [9.17, 15) is 49.5 Å². The minimum atomic E-state index is -4.99. The maximum Gasteiger partial charge on any atom is 0.573 e. The van der Waals surface area contributed by atoms with E-state index in [0.717, 1.165) is 29.2 Å². The maximum absolute atomic E-state index is 13.8. The van der Waals surface area contributed by atoms with Crippen molar-refractivity contribution < 1.29 is 68.8 Å². The van der Waals surface area contributed by atoms with E-state index in [4.69, 9.17) is 9.84 Å². The lowest BCUT2D eigenvalue weighted by molar-refractivity contribution is -0.276. The summed E-state index contributed by atoms with van der Waals surface area (Å²) in [6, 6.07) is 5.47. The molecule has 0 bridgehead atoms. The van der Waals surface area contributed by atoms with Crippen LogP contribution in [0.1, 0.15) is 38.8 Å². The molecule has 0 aromatic heterocycles. The Kier molecular flexibility index (Phi) is 12.0. The van der Waals surface area contributed by atoms with Crippen molar-refractivity contribution in [3.8, 4) is 11.5 Å². The first kappa shape index (κ1) is 36.1. The predicted molar refractivity (Wildman–Crippen MR) is 136 cm³/mol. The highest BCUT2D eigenvalue weighted by molar-refractivity contribution is 5.94. The third-order valence-corrected chi connectivity index (χ3v) is 6.28. The average molecular weight is 644 g/mol. The highest BCUT2D eigenvalue weighted by atomic mass is 19.4. The first-order valence-corrected chi connectivity index (χ1v) is 13.0. The third-order valence-electron chi connectivity index (χ3n) is 6.28. The number of halogens is 8. The molecule has 8 nitrogen and oxygen atoms in total. The standard InChI is InChI=1S/C17H19F4NO4.C11H10F4O3/c1-9(2)13-8-25-16(24)22(13)15(23)10(3)6-11-4-5-14(12(18)7-11)26-17(19,20)21;1-6(10(16)17)4-7-2-3-9(8(12)5-7)18-11(13,14)15/h4-5,7,9-10,13H,6,8H2,1-3H3;2-3,5-6H,4H2,1H3,(H,16,17)/t10-,13+;6-/m11/s1. The Morgan fingerprint density at radius 3 is 1.66 bits per heavy atom. The fourth-order valence-corrected chi connectivity index (χ4v) is 4.06. The van der Waals surface area contributed by atoms with Crippen LogP contribution in [0.15, 0.2) is 36.4 Å². The van der Waals surface area contributed by atoms with Crippen LogP contribution in [0, 0.1) is 29.4 Å². The van der Waals surface area contributed by atoms with Gasteiger partial charge in [-0.1, -0.05) is 39.8 Å². The van der Waals surface area contributed by atoms with Crippen molar-refractivity contribution in [3.05, 3.63) is 59.2 Å². The molecule has 16 heteroatoms. The summed E-state index contributed by atoms with van der Waals surface area (Å²) in [5.74, 6) is -7.20. The molecule has 0 radical (unpaired) electrons. The van der Waals surface area contributed by atoms with E-state index in [-0.39, 0.29) is 37.0 Å². The van der Waals surface area contributed by atoms with Gasteiger partial charge in [0, 0.05) is 5.92 Å². The van der Waals surface area contributed by atoms with Crippen molar-refractivity contribution in [1.29, 1.82) is 0 Å². The fourth-order valence-electron chi connectivity index (χ4n) is 4.06. The molecule has 2 aromatic carbocycles. The lowest BCUT2D eigenvalue weighted by Crippen LogP contribution is -2.44. The number of imide groups is 1. The second-order valence-corrected chi connectivity index (χ2v) is 10.3. The van der Waals surface area contributed by atoms with Gasteiger partial charge in [0.15, 0.2) is 23.1 Å². The number of hydrogen-bond acceptors (Lipinski definition) is 6. The van der Waals surface area contributed by atoms with E-state index in [1.807, 2.05) is 13.8 Å². The van der Waals surface area contributed by atoms with E-state index in [1.54, 1.807) is 6.92 Å². The van der Waals surface area contributed by atoms with Gasteiger partial charge in [0.25, 0.3) is 0 Å². The molecule has 1 aliphatic rings. The molecule has 3 atom stereocenters. The number of cyclic esters (lactones) is 1. The average Bonchev–Trinajstić information content (AvgIpc) is 3.27. The first-order chi connectivity index (χ1) is 20.2. The second kappa shape index (κ2) is 14.6. The molecule has 2 amide bonds. The molecule has 0 saturated carbocycles. The number of benzene rings is 2. The summed E-state index contributed by atoms with van der Waals surface area (Å²) < 4.78 is 111. The number of aliphatic carboxylic acids is 1. The van der Waals surface area contributed by atoms with Gasteiger partial charge in [-0.05, 0) is 54.2 Å². The number of hydrogen-bond donors (Lipinski definition) is 1. The number of rotatable bonds is 9. The molecule has 1 N–H and O–H groups in total. The summed E-state index contributed by atoms with van der Waals surface area (Å²) in [4.78, 5) is 36.0. The number of carbonyl (C=O) groups is 3. The summed E-state index contributed by atoms with van der Waals surface area (Å²) in [7, 11) is 0. The monoisotopic (exact) mass is 643 g/mol. The Bertz CT molecular complexity index is 1330. The smallest absolute Gasteiger partial charge is 0.481 e. The number of carbonyl (C=O) groups excluding carboxylic acids is 2. The van der Waals surface area contributed by atoms with E-state index >= 15 is 0 Å². The molecule has 2 aromatic rings. The number of ether oxygens (including phenoxy) is 3. The summed E-state index contributed by atoms with van der Waals surface area (Å²) in [5, 5.41) is 8.65.